The molecule has 0 nitrogen and oxygen atoms in total. The van der Waals surface area contributed by atoms with Gasteiger partial charge < -0.3 is 0 Å². The van der Waals surface area contributed by atoms with Crippen LogP contribution < -0.4 is 0 Å². The van der Waals surface area contributed by atoms with E-state index in [2.05, 4.69) is 43.4 Å². The standard InChI is InChI=1S/C11H18/c1-3-5-7-9-11-10-8-6-4-2/h3-6,9,11H,7-8,10H2,1-2H3. The van der Waals surface area contributed by atoms with E-state index in [0.717, 1.165) is 6.42 Å². The van der Waals surface area contributed by atoms with Gasteiger partial charge in [-0.2, -0.15) is 0 Å². The maximum Gasteiger partial charge on any atom is -0.0169 e. The Labute approximate surface area is 70.3 Å². The first-order valence-corrected chi connectivity index (χ1v) is 4.29. The molecule has 0 N–H and O–H groups in total. The van der Waals surface area contributed by atoms with Gasteiger partial charge in [-0.1, -0.05) is 36.5 Å². The maximum atomic E-state index is 2.24. The van der Waals surface area contributed by atoms with Crippen LogP contribution in [0.4, 0.5) is 0 Å². The molecule has 0 fully saturated rings. The van der Waals surface area contributed by atoms with Crippen molar-refractivity contribution in [3.63, 3.8) is 0 Å². The van der Waals surface area contributed by atoms with Gasteiger partial charge >= 0.3 is 0 Å². The van der Waals surface area contributed by atoms with Crippen molar-refractivity contribution in [1.29, 1.82) is 0 Å². The molecule has 0 radical (unpaired) electrons. The lowest BCUT2D eigenvalue weighted by molar-refractivity contribution is 1.04. The molecule has 0 aliphatic rings. The molecule has 0 saturated carbocycles. The Balaban J connectivity index is 3.16. The number of unbranched alkanes of at least 4 members (excludes halogenated alkanes) is 1. The fraction of sp³-hybridized carbons (Fsp3) is 0.455. The van der Waals surface area contributed by atoms with Gasteiger partial charge in [0, 0.05) is 0 Å². The van der Waals surface area contributed by atoms with E-state index in [4.69, 9.17) is 0 Å². The summed E-state index contributed by atoms with van der Waals surface area (Å²) in [5.41, 5.74) is 0. The van der Waals surface area contributed by atoms with Crippen LogP contribution in [0.3, 0.4) is 0 Å². The molecule has 11 heavy (non-hydrogen) atoms. The minimum atomic E-state index is 1.08. The van der Waals surface area contributed by atoms with Crippen molar-refractivity contribution in [1.82, 2.24) is 0 Å². The van der Waals surface area contributed by atoms with Crippen LogP contribution in [0.25, 0.3) is 0 Å². The Hall–Kier alpha value is -0.780. The highest BCUT2D eigenvalue weighted by Gasteiger charge is 1.73. The van der Waals surface area contributed by atoms with Crippen LogP contribution in [0.1, 0.15) is 33.1 Å². The van der Waals surface area contributed by atoms with Gasteiger partial charge in [-0.15, -0.1) is 0 Å². The highest BCUT2D eigenvalue weighted by atomic mass is 13.8. The second-order valence-corrected chi connectivity index (χ2v) is 2.42. The van der Waals surface area contributed by atoms with Gasteiger partial charge in [-0.3, -0.25) is 0 Å². The van der Waals surface area contributed by atoms with E-state index in [0.29, 0.717) is 0 Å². The van der Waals surface area contributed by atoms with Crippen LogP contribution in [0, 0.1) is 0 Å². The van der Waals surface area contributed by atoms with E-state index in [9.17, 15) is 0 Å². The van der Waals surface area contributed by atoms with Gasteiger partial charge in [0.2, 0.25) is 0 Å². The number of hydrogen-bond acceptors (Lipinski definition) is 0. The molecule has 0 aromatic carbocycles. The summed E-state index contributed by atoms with van der Waals surface area (Å²) in [4.78, 5) is 0. The lowest BCUT2D eigenvalue weighted by Crippen LogP contribution is -1.63. The summed E-state index contributed by atoms with van der Waals surface area (Å²) in [6, 6.07) is 0. The summed E-state index contributed by atoms with van der Waals surface area (Å²) >= 11 is 0. The molecule has 0 bridgehead atoms. The molecule has 0 rings (SSSR count). The summed E-state index contributed by atoms with van der Waals surface area (Å²) in [5, 5.41) is 0. The van der Waals surface area contributed by atoms with Gasteiger partial charge in [-0.05, 0) is 33.1 Å². The Bertz CT molecular complexity index is 138. The summed E-state index contributed by atoms with van der Waals surface area (Å²) < 4.78 is 0. The topological polar surface area (TPSA) is 0 Å². The molecule has 0 saturated heterocycles. The van der Waals surface area contributed by atoms with Crippen molar-refractivity contribution in [2.45, 2.75) is 33.1 Å². The van der Waals surface area contributed by atoms with E-state index in [1.54, 1.807) is 0 Å². The SMILES string of the molecule is CC=CCC=CCCC=CC. The van der Waals surface area contributed by atoms with Gasteiger partial charge in [0.1, 0.15) is 0 Å². The molecule has 0 aromatic rings. The highest BCUT2D eigenvalue weighted by molar-refractivity contribution is 4.92. The minimum absolute atomic E-state index is 1.08. The first-order chi connectivity index (χ1) is 5.41. The average molecular weight is 150 g/mol. The normalized spacial score (nSPS) is 12.5. The molecule has 0 amide bonds. The van der Waals surface area contributed by atoms with E-state index in [1.807, 2.05) is 6.92 Å². The Morgan fingerprint density at radius 1 is 0.727 bits per heavy atom. The van der Waals surface area contributed by atoms with Gasteiger partial charge in [-0.25, -0.2) is 0 Å². The molecule has 62 valence electrons. The van der Waals surface area contributed by atoms with Gasteiger partial charge in [0.25, 0.3) is 0 Å². The summed E-state index contributed by atoms with van der Waals surface area (Å²) in [6.45, 7) is 4.11. The smallest absolute Gasteiger partial charge is 0.0169 e. The molecule has 0 atom stereocenters. The highest BCUT2D eigenvalue weighted by Crippen LogP contribution is 1.94. The molecular weight excluding hydrogens is 132 g/mol. The van der Waals surface area contributed by atoms with Crippen LogP contribution in [0.2, 0.25) is 0 Å². The third kappa shape index (κ3) is 9.22. The second-order valence-electron chi connectivity index (χ2n) is 2.42. The third-order valence-electron chi connectivity index (χ3n) is 1.41. The lowest BCUT2D eigenvalue weighted by atomic mass is 10.2. The predicted molar refractivity (Wildman–Crippen MR) is 52.6 cm³/mol. The zero-order chi connectivity index (χ0) is 8.36. The Morgan fingerprint density at radius 2 is 1.36 bits per heavy atom. The first kappa shape index (κ1) is 10.2. The van der Waals surface area contributed by atoms with Crippen LogP contribution in [-0.2, 0) is 0 Å². The van der Waals surface area contributed by atoms with Crippen molar-refractivity contribution in [2.24, 2.45) is 0 Å². The fourth-order valence-electron chi connectivity index (χ4n) is 0.788. The Morgan fingerprint density at radius 3 is 2.00 bits per heavy atom. The van der Waals surface area contributed by atoms with Crippen molar-refractivity contribution >= 4 is 0 Å². The molecule has 0 aliphatic carbocycles. The van der Waals surface area contributed by atoms with Gasteiger partial charge in [0.15, 0.2) is 0 Å². The monoisotopic (exact) mass is 150 g/mol. The quantitative estimate of drug-likeness (QED) is 0.412. The lowest BCUT2D eigenvalue weighted by Gasteiger charge is -1.84. The molecule has 0 spiro atoms. The molecule has 0 aliphatic heterocycles. The number of rotatable bonds is 5. The van der Waals surface area contributed by atoms with E-state index in [-0.39, 0.29) is 0 Å². The van der Waals surface area contributed by atoms with Crippen molar-refractivity contribution in [3.05, 3.63) is 36.5 Å². The number of allylic oxidation sites excluding steroid dienone is 6. The van der Waals surface area contributed by atoms with Crippen LogP contribution >= 0.6 is 0 Å². The van der Waals surface area contributed by atoms with Crippen molar-refractivity contribution in [3.8, 4) is 0 Å². The van der Waals surface area contributed by atoms with Crippen LogP contribution in [0.15, 0.2) is 36.5 Å². The average Bonchev–Trinajstić information content (AvgIpc) is 2.03. The zero-order valence-electron chi connectivity index (χ0n) is 7.59. The van der Waals surface area contributed by atoms with Crippen molar-refractivity contribution in [2.75, 3.05) is 0 Å². The largest absolute Gasteiger partial charge is 0.0917 e. The molecule has 0 aromatic heterocycles. The van der Waals surface area contributed by atoms with Crippen LogP contribution in [0.5, 0.6) is 0 Å². The number of hydrogen-bond donors (Lipinski definition) is 0. The van der Waals surface area contributed by atoms with Crippen molar-refractivity contribution < 1.29 is 0 Å². The third-order valence-corrected chi connectivity index (χ3v) is 1.41. The summed E-state index contributed by atoms with van der Waals surface area (Å²) in [5.74, 6) is 0. The maximum absolute atomic E-state index is 2.24. The predicted octanol–water partition coefficient (Wildman–Crippen LogP) is 3.87. The zero-order valence-corrected chi connectivity index (χ0v) is 7.59. The molecular formula is C11H18. The fourth-order valence-corrected chi connectivity index (χ4v) is 0.788. The summed E-state index contributed by atoms with van der Waals surface area (Å²) in [7, 11) is 0. The Kier molecular flexibility index (Phi) is 8.57. The molecule has 0 heterocycles. The molecule has 0 heteroatoms. The van der Waals surface area contributed by atoms with E-state index in [1.165, 1.54) is 12.8 Å². The van der Waals surface area contributed by atoms with Crippen LogP contribution in [-0.4, -0.2) is 0 Å². The van der Waals surface area contributed by atoms with E-state index < -0.39 is 0 Å². The summed E-state index contributed by atoms with van der Waals surface area (Å²) in [6.07, 6.45) is 16.4. The second kappa shape index (κ2) is 9.22. The van der Waals surface area contributed by atoms with E-state index >= 15 is 0 Å². The first-order valence-electron chi connectivity index (χ1n) is 4.29. The molecule has 0 unspecified atom stereocenters. The van der Waals surface area contributed by atoms with Gasteiger partial charge in [0.05, 0.1) is 0 Å². The minimum Gasteiger partial charge on any atom is -0.0917 e.